The van der Waals surface area contributed by atoms with E-state index in [9.17, 15) is 0 Å². The third kappa shape index (κ3) is 6.28. The normalized spacial score (nSPS) is 11.4. The number of hydrogen-bond donors (Lipinski definition) is 0. The summed E-state index contributed by atoms with van der Waals surface area (Å²) in [6.45, 7) is 0. The first-order chi connectivity index (χ1) is 30.1. The average Bonchev–Trinajstić information content (AvgIpc) is 3.65. The van der Waals surface area contributed by atoms with E-state index >= 15 is 9.59 Å². The van der Waals surface area contributed by atoms with Crippen LogP contribution in [0.3, 0.4) is 0 Å². The molecule has 0 spiro atoms. The molecule has 0 atom stereocenters. The van der Waals surface area contributed by atoms with Gasteiger partial charge in [-0.25, -0.2) is 9.36 Å². The molecule has 0 saturated heterocycles. The Kier molecular flexibility index (Phi) is 8.72. The zero-order valence-corrected chi connectivity index (χ0v) is 33.0. The Bertz CT molecular complexity index is 3420. The third-order valence-corrected chi connectivity index (χ3v) is 11.6. The quantitative estimate of drug-likeness (QED) is 0.162. The molecule has 0 N–H and O–H groups in total. The SMILES string of the molecule is O=c1c2cc3c(cc2n(-c2cc(-c4ccccc4)cc(-c4ccccc4)c2)c(=O)n1-c1cc(-c2ccccc2)cc(-c2ccccc2)c1)c1ccccc1n3-c1ccccc1. The first-order valence-corrected chi connectivity index (χ1v) is 20.4. The summed E-state index contributed by atoms with van der Waals surface area (Å²) in [5.74, 6) is 0. The van der Waals surface area contributed by atoms with Gasteiger partial charge in [0.2, 0.25) is 0 Å². The summed E-state index contributed by atoms with van der Waals surface area (Å²) in [5, 5.41) is 2.39. The summed E-state index contributed by atoms with van der Waals surface area (Å²) in [5.41, 5.74) is 11.4. The van der Waals surface area contributed by atoms with Crippen LogP contribution in [0, 0.1) is 0 Å². The van der Waals surface area contributed by atoms with Gasteiger partial charge in [0.05, 0.1) is 33.3 Å². The predicted molar refractivity (Wildman–Crippen MR) is 251 cm³/mol. The minimum atomic E-state index is -0.461. The first-order valence-electron chi connectivity index (χ1n) is 20.4. The van der Waals surface area contributed by atoms with E-state index < -0.39 is 11.2 Å². The number of nitrogens with zero attached hydrogens (tertiary/aromatic N) is 3. The average molecular weight is 784 g/mol. The van der Waals surface area contributed by atoms with Gasteiger partial charge in [0.15, 0.2) is 0 Å². The van der Waals surface area contributed by atoms with E-state index in [0.717, 1.165) is 72.0 Å². The van der Waals surface area contributed by atoms with Gasteiger partial charge >= 0.3 is 5.69 Å². The highest BCUT2D eigenvalue weighted by Gasteiger charge is 2.22. The van der Waals surface area contributed by atoms with Crippen molar-refractivity contribution >= 4 is 32.7 Å². The molecule has 61 heavy (non-hydrogen) atoms. The molecule has 0 amide bonds. The second-order valence-electron chi connectivity index (χ2n) is 15.3. The highest BCUT2D eigenvalue weighted by molar-refractivity contribution is 6.13. The van der Waals surface area contributed by atoms with E-state index in [-0.39, 0.29) is 0 Å². The molecule has 0 bridgehead atoms. The highest BCUT2D eigenvalue weighted by atomic mass is 16.2. The van der Waals surface area contributed by atoms with Crippen molar-refractivity contribution in [3.63, 3.8) is 0 Å². The van der Waals surface area contributed by atoms with Gasteiger partial charge in [-0.15, -0.1) is 0 Å². The van der Waals surface area contributed by atoms with Crippen molar-refractivity contribution in [2.24, 2.45) is 0 Å². The van der Waals surface area contributed by atoms with Gasteiger partial charge in [-0.2, -0.15) is 0 Å². The number of fused-ring (bicyclic) bond motifs is 4. The molecule has 11 rings (SSSR count). The second kappa shape index (κ2) is 14.8. The fraction of sp³-hybridized carbons (Fsp3) is 0. The fourth-order valence-corrected chi connectivity index (χ4v) is 8.77. The summed E-state index contributed by atoms with van der Waals surface area (Å²) in [4.78, 5) is 31.2. The molecule has 9 aromatic carbocycles. The Morgan fingerprint density at radius 2 is 0.623 bits per heavy atom. The Hall–Kier alpha value is -8.28. The number of hydrogen-bond acceptors (Lipinski definition) is 2. The molecule has 0 aliphatic heterocycles. The van der Waals surface area contributed by atoms with E-state index in [1.807, 2.05) is 127 Å². The van der Waals surface area contributed by atoms with E-state index in [2.05, 4.69) is 102 Å². The molecule has 2 aromatic heterocycles. The molecule has 288 valence electrons. The molecule has 11 aromatic rings. The van der Waals surface area contributed by atoms with Crippen LogP contribution in [0.4, 0.5) is 0 Å². The predicted octanol–water partition coefficient (Wildman–Crippen LogP) is 12.9. The third-order valence-electron chi connectivity index (χ3n) is 11.6. The molecule has 0 saturated carbocycles. The summed E-state index contributed by atoms with van der Waals surface area (Å²) in [7, 11) is 0. The maximum absolute atomic E-state index is 15.7. The van der Waals surface area contributed by atoms with Crippen molar-refractivity contribution in [2.45, 2.75) is 0 Å². The van der Waals surface area contributed by atoms with Crippen molar-refractivity contribution in [3.8, 4) is 61.6 Å². The summed E-state index contributed by atoms with van der Waals surface area (Å²) in [6.07, 6.45) is 0. The van der Waals surface area contributed by atoms with Gasteiger partial charge in [-0.3, -0.25) is 9.36 Å². The van der Waals surface area contributed by atoms with Crippen LogP contribution < -0.4 is 11.2 Å². The molecular formula is C56H37N3O2. The van der Waals surface area contributed by atoms with Gasteiger partial charge in [-0.05, 0) is 111 Å². The molecule has 2 heterocycles. The molecule has 0 aliphatic rings. The molecule has 0 aliphatic carbocycles. The van der Waals surface area contributed by atoms with Crippen molar-refractivity contribution in [2.75, 3.05) is 0 Å². The Morgan fingerprint density at radius 1 is 0.246 bits per heavy atom. The van der Waals surface area contributed by atoms with E-state index in [0.29, 0.717) is 22.3 Å². The zero-order valence-electron chi connectivity index (χ0n) is 33.0. The van der Waals surface area contributed by atoms with Crippen molar-refractivity contribution in [3.05, 3.63) is 245 Å². The van der Waals surface area contributed by atoms with E-state index in [4.69, 9.17) is 0 Å². The largest absolute Gasteiger partial charge is 0.340 e. The minimum absolute atomic E-state index is 0.394. The van der Waals surface area contributed by atoms with Crippen molar-refractivity contribution in [1.82, 2.24) is 13.7 Å². The van der Waals surface area contributed by atoms with Gasteiger partial charge in [-0.1, -0.05) is 158 Å². The Balaban J connectivity index is 1.29. The number of aromatic nitrogens is 3. The molecule has 5 nitrogen and oxygen atoms in total. The number of para-hydroxylation sites is 2. The summed E-state index contributed by atoms with van der Waals surface area (Å²) < 4.78 is 5.30. The van der Waals surface area contributed by atoms with Crippen LogP contribution in [-0.4, -0.2) is 13.7 Å². The van der Waals surface area contributed by atoms with Crippen LogP contribution in [-0.2, 0) is 0 Å². The lowest BCUT2D eigenvalue weighted by molar-refractivity contribution is 0.836. The topological polar surface area (TPSA) is 48.9 Å². The molecule has 0 unspecified atom stereocenters. The summed E-state index contributed by atoms with van der Waals surface area (Å²) >= 11 is 0. The summed E-state index contributed by atoms with van der Waals surface area (Å²) in [6, 6.07) is 75.4. The van der Waals surface area contributed by atoms with Gasteiger partial charge < -0.3 is 4.57 Å². The van der Waals surface area contributed by atoms with Crippen LogP contribution in [0.1, 0.15) is 0 Å². The number of benzene rings is 9. The lowest BCUT2D eigenvalue weighted by atomic mass is 9.97. The minimum Gasteiger partial charge on any atom is -0.309 e. The van der Waals surface area contributed by atoms with Crippen LogP contribution in [0.2, 0.25) is 0 Å². The maximum Gasteiger partial charge on any atom is 0.340 e. The standard InChI is InChI=1S/C56H37N3O2/c60-55-51-37-53-50(49-28-16-17-29-52(49)57(53)46-26-14-5-15-27-46)36-54(51)58(47-32-42(38-18-6-1-7-19-38)30-43(33-47)39-20-8-2-9-21-39)56(61)59(55)48-34-44(40-22-10-3-11-23-40)31-45(35-48)41-24-12-4-13-25-41/h1-37H. The van der Waals surface area contributed by atoms with Gasteiger partial charge in [0.25, 0.3) is 5.56 Å². The lowest BCUT2D eigenvalue weighted by Gasteiger charge is -2.18. The Morgan fingerprint density at radius 3 is 1.10 bits per heavy atom. The molecular weight excluding hydrogens is 747 g/mol. The van der Waals surface area contributed by atoms with E-state index in [1.54, 1.807) is 4.57 Å². The van der Waals surface area contributed by atoms with Crippen LogP contribution in [0.15, 0.2) is 234 Å². The van der Waals surface area contributed by atoms with Gasteiger partial charge in [0, 0.05) is 16.5 Å². The first kappa shape index (κ1) is 35.8. The van der Waals surface area contributed by atoms with Gasteiger partial charge in [0.1, 0.15) is 0 Å². The van der Waals surface area contributed by atoms with Crippen molar-refractivity contribution < 1.29 is 0 Å². The molecule has 0 fully saturated rings. The van der Waals surface area contributed by atoms with Crippen LogP contribution >= 0.6 is 0 Å². The van der Waals surface area contributed by atoms with Crippen LogP contribution in [0.5, 0.6) is 0 Å². The monoisotopic (exact) mass is 783 g/mol. The zero-order chi connectivity index (χ0) is 40.9. The smallest absolute Gasteiger partial charge is 0.309 e. The molecule has 0 radical (unpaired) electrons. The van der Waals surface area contributed by atoms with Crippen LogP contribution in [0.25, 0.3) is 94.3 Å². The number of rotatable bonds is 7. The molecule has 5 heteroatoms. The van der Waals surface area contributed by atoms with Crippen molar-refractivity contribution in [1.29, 1.82) is 0 Å². The Labute approximate surface area is 351 Å². The maximum atomic E-state index is 15.7. The highest BCUT2D eigenvalue weighted by Crippen LogP contribution is 2.37. The van der Waals surface area contributed by atoms with E-state index in [1.165, 1.54) is 4.57 Å². The second-order valence-corrected chi connectivity index (χ2v) is 15.3. The lowest BCUT2D eigenvalue weighted by Crippen LogP contribution is -2.38. The fourth-order valence-electron chi connectivity index (χ4n) is 8.77.